The van der Waals surface area contributed by atoms with Crippen LogP contribution in [0.4, 0.5) is 10.1 Å². The predicted molar refractivity (Wildman–Crippen MR) is 85.2 cm³/mol. The molecule has 1 aromatic carbocycles. The molecule has 0 atom stereocenters. The third-order valence-electron chi connectivity index (χ3n) is 4.65. The van der Waals surface area contributed by atoms with Gasteiger partial charge in [-0.2, -0.15) is 0 Å². The molecular formula is C16H26FNOSi. The molecule has 0 amide bonds. The minimum absolute atomic E-state index is 0.106. The van der Waals surface area contributed by atoms with Crippen molar-refractivity contribution < 1.29 is 8.82 Å². The average molecular weight is 295 g/mol. The maximum Gasteiger partial charge on any atom is 0.192 e. The Labute approximate surface area is 123 Å². The normalized spacial score (nSPS) is 16.2. The SMILES string of the molecule is CC(C)(C)[Si](C)(C)OCc1cccc(N2CCC2)c1F. The minimum Gasteiger partial charge on any atom is -0.412 e. The Morgan fingerprint density at radius 1 is 1.25 bits per heavy atom. The molecule has 1 aromatic rings. The van der Waals surface area contributed by atoms with Crippen LogP contribution >= 0.6 is 0 Å². The summed E-state index contributed by atoms with van der Waals surface area (Å²) in [6.07, 6.45) is 1.16. The van der Waals surface area contributed by atoms with Crippen LogP contribution in [0.15, 0.2) is 18.2 Å². The summed E-state index contributed by atoms with van der Waals surface area (Å²) in [4.78, 5) is 2.09. The van der Waals surface area contributed by atoms with Crippen LogP contribution in [-0.2, 0) is 11.0 Å². The molecule has 0 saturated carbocycles. The zero-order chi connectivity index (χ0) is 15.0. The fraction of sp³-hybridized carbons (Fsp3) is 0.625. The fourth-order valence-electron chi connectivity index (χ4n) is 1.95. The summed E-state index contributed by atoms with van der Waals surface area (Å²) in [6, 6.07) is 5.64. The lowest BCUT2D eigenvalue weighted by Crippen LogP contribution is -2.40. The van der Waals surface area contributed by atoms with E-state index in [0.29, 0.717) is 12.2 Å². The van der Waals surface area contributed by atoms with Gasteiger partial charge in [0.05, 0.1) is 12.3 Å². The highest BCUT2D eigenvalue weighted by Gasteiger charge is 2.37. The van der Waals surface area contributed by atoms with Crippen molar-refractivity contribution in [2.75, 3.05) is 18.0 Å². The van der Waals surface area contributed by atoms with Gasteiger partial charge in [-0.25, -0.2) is 4.39 Å². The van der Waals surface area contributed by atoms with Gasteiger partial charge in [0.25, 0.3) is 0 Å². The number of anilines is 1. The summed E-state index contributed by atoms with van der Waals surface area (Å²) in [6.45, 7) is 13.3. The number of hydrogen-bond acceptors (Lipinski definition) is 2. The monoisotopic (exact) mass is 295 g/mol. The number of hydrogen-bond donors (Lipinski definition) is 0. The van der Waals surface area contributed by atoms with Crippen molar-refractivity contribution in [1.82, 2.24) is 0 Å². The Bertz CT molecular complexity index is 478. The summed E-state index contributed by atoms with van der Waals surface area (Å²) >= 11 is 0. The van der Waals surface area contributed by atoms with Crippen LogP contribution in [0.1, 0.15) is 32.8 Å². The topological polar surface area (TPSA) is 12.5 Å². The largest absolute Gasteiger partial charge is 0.412 e. The smallest absolute Gasteiger partial charge is 0.192 e. The Kier molecular flexibility index (Phi) is 4.26. The van der Waals surface area contributed by atoms with E-state index in [1.807, 2.05) is 18.2 Å². The van der Waals surface area contributed by atoms with Gasteiger partial charge < -0.3 is 9.33 Å². The Morgan fingerprint density at radius 2 is 1.90 bits per heavy atom. The third kappa shape index (κ3) is 3.06. The van der Waals surface area contributed by atoms with Gasteiger partial charge in [0, 0.05) is 18.7 Å². The second kappa shape index (κ2) is 5.49. The Morgan fingerprint density at radius 3 is 2.40 bits per heavy atom. The van der Waals surface area contributed by atoms with E-state index >= 15 is 0 Å². The highest BCUT2D eigenvalue weighted by atomic mass is 28.4. The molecule has 112 valence electrons. The first-order chi connectivity index (χ1) is 9.22. The van der Waals surface area contributed by atoms with Crippen LogP contribution in [0.25, 0.3) is 0 Å². The molecule has 0 aliphatic carbocycles. The molecule has 2 rings (SSSR count). The molecule has 0 bridgehead atoms. The van der Waals surface area contributed by atoms with Crippen molar-refractivity contribution in [2.45, 2.75) is 51.9 Å². The van der Waals surface area contributed by atoms with Gasteiger partial charge >= 0.3 is 0 Å². The molecule has 0 N–H and O–H groups in total. The molecule has 1 heterocycles. The quantitative estimate of drug-likeness (QED) is 0.755. The van der Waals surface area contributed by atoms with E-state index in [1.54, 1.807) is 0 Å². The van der Waals surface area contributed by atoms with Gasteiger partial charge in [0.1, 0.15) is 0 Å². The lowest BCUT2D eigenvalue weighted by atomic mass is 10.1. The molecule has 2 nitrogen and oxygen atoms in total. The van der Waals surface area contributed by atoms with Crippen molar-refractivity contribution in [3.05, 3.63) is 29.6 Å². The van der Waals surface area contributed by atoms with Crippen molar-refractivity contribution >= 4 is 14.0 Å². The van der Waals surface area contributed by atoms with Crippen LogP contribution in [0.5, 0.6) is 0 Å². The lowest BCUT2D eigenvalue weighted by Gasteiger charge is -2.36. The first-order valence-electron chi connectivity index (χ1n) is 7.39. The summed E-state index contributed by atoms with van der Waals surface area (Å²) in [5.74, 6) is -0.106. The summed E-state index contributed by atoms with van der Waals surface area (Å²) in [7, 11) is -1.83. The van der Waals surface area contributed by atoms with E-state index in [2.05, 4.69) is 38.8 Å². The van der Waals surface area contributed by atoms with Crippen LogP contribution in [0.3, 0.4) is 0 Å². The predicted octanol–water partition coefficient (Wildman–Crippen LogP) is 4.56. The number of halogens is 1. The number of rotatable bonds is 4. The van der Waals surface area contributed by atoms with Crippen LogP contribution in [0.2, 0.25) is 18.1 Å². The minimum atomic E-state index is -1.83. The molecular weight excluding hydrogens is 269 g/mol. The number of nitrogens with zero attached hydrogens (tertiary/aromatic N) is 1. The molecule has 20 heavy (non-hydrogen) atoms. The van der Waals surface area contributed by atoms with E-state index in [9.17, 15) is 4.39 Å². The van der Waals surface area contributed by atoms with Crippen molar-refractivity contribution in [3.63, 3.8) is 0 Å². The van der Waals surface area contributed by atoms with E-state index < -0.39 is 8.32 Å². The first kappa shape index (κ1) is 15.5. The van der Waals surface area contributed by atoms with Crippen LogP contribution in [-0.4, -0.2) is 21.4 Å². The summed E-state index contributed by atoms with van der Waals surface area (Å²) in [5, 5.41) is 0.151. The van der Waals surface area contributed by atoms with Crippen LogP contribution in [0, 0.1) is 5.82 Å². The first-order valence-corrected chi connectivity index (χ1v) is 10.3. The molecule has 1 saturated heterocycles. The lowest BCUT2D eigenvalue weighted by molar-refractivity contribution is 0.271. The van der Waals surface area contributed by atoms with E-state index in [0.717, 1.165) is 25.2 Å². The highest BCUT2D eigenvalue weighted by Crippen LogP contribution is 2.37. The van der Waals surface area contributed by atoms with Crippen molar-refractivity contribution in [1.29, 1.82) is 0 Å². The van der Waals surface area contributed by atoms with E-state index in [1.165, 1.54) is 0 Å². The maximum absolute atomic E-state index is 14.5. The maximum atomic E-state index is 14.5. The van der Waals surface area contributed by atoms with Crippen molar-refractivity contribution in [2.24, 2.45) is 0 Å². The zero-order valence-electron chi connectivity index (χ0n) is 13.3. The van der Waals surface area contributed by atoms with Gasteiger partial charge in [-0.05, 0) is 30.6 Å². The summed E-state index contributed by atoms with van der Waals surface area (Å²) in [5.41, 5.74) is 1.41. The van der Waals surface area contributed by atoms with Crippen LogP contribution < -0.4 is 4.90 Å². The molecule has 4 heteroatoms. The average Bonchev–Trinajstić information content (AvgIpc) is 2.26. The van der Waals surface area contributed by atoms with Gasteiger partial charge in [0.2, 0.25) is 0 Å². The molecule has 1 aliphatic rings. The van der Waals surface area contributed by atoms with Gasteiger partial charge in [-0.3, -0.25) is 0 Å². The third-order valence-corrected chi connectivity index (χ3v) is 9.13. The van der Waals surface area contributed by atoms with E-state index in [4.69, 9.17) is 4.43 Å². The van der Waals surface area contributed by atoms with Gasteiger partial charge in [0.15, 0.2) is 14.1 Å². The van der Waals surface area contributed by atoms with Gasteiger partial charge in [-0.1, -0.05) is 32.9 Å². The zero-order valence-corrected chi connectivity index (χ0v) is 14.3. The molecule has 0 spiro atoms. The highest BCUT2D eigenvalue weighted by molar-refractivity contribution is 6.74. The second-order valence-electron chi connectivity index (χ2n) is 7.14. The fourth-order valence-corrected chi connectivity index (χ4v) is 2.90. The Hall–Kier alpha value is -0.873. The van der Waals surface area contributed by atoms with Gasteiger partial charge in [-0.15, -0.1) is 0 Å². The van der Waals surface area contributed by atoms with Crippen molar-refractivity contribution in [3.8, 4) is 0 Å². The molecule has 1 fully saturated rings. The standard InChI is InChI=1S/C16H26FNOSi/c1-16(2,3)20(4,5)19-12-13-8-6-9-14(15(13)17)18-10-7-11-18/h6,8-9H,7,10-12H2,1-5H3. The molecule has 0 radical (unpaired) electrons. The van der Waals surface area contributed by atoms with E-state index in [-0.39, 0.29) is 10.9 Å². The number of benzene rings is 1. The molecule has 1 aliphatic heterocycles. The summed E-state index contributed by atoms with van der Waals surface area (Å²) < 4.78 is 20.6. The molecule has 0 aromatic heterocycles. The Balaban J connectivity index is 2.10. The second-order valence-corrected chi connectivity index (χ2v) is 11.9. The molecule has 0 unspecified atom stereocenters.